The standard InChI is InChI=1S/C54H53NO2/c1-2-11-35(12-3-1)43-19-10-20-47-49-31-37(24-30-51(49)56-53(43)47)34-21-25-39(26-22-34)55(50-32-38-14-5-6-15-41(38)44-17-8-9-18-45(44)50)40-27-29-46-48-28-23-36-13-4-7-16-42(36)54(48)57-52(46)33-40/h1-2,6-9,15-19,23-25,27-32,34-36,40,42,45,50H,3-5,10-14,20-22,26,33H2/t34?,35?,36?,40?,42?,45?,50-/m1/s1. The normalized spacial score (nSPS) is 30.5. The second-order valence-electron chi connectivity index (χ2n) is 18.1. The van der Waals surface area contributed by atoms with E-state index < -0.39 is 0 Å². The Bertz CT molecular complexity index is 2510. The zero-order valence-electron chi connectivity index (χ0n) is 33.0. The van der Waals surface area contributed by atoms with Crippen LogP contribution in [-0.2, 0) is 12.8 Å². The molecular formula is C54H53NO2. The van der Waals surface area contributed by atoms with Gasteiger partial charge in [-0.15, -0.1) is 0 Å². The van der Waals surface area contributed by atoms with E-state index in [0.717, 1.165) is 63.4 Å². The van der Waals surface area contributed by atoms with E-state index in [2.05, 4.69) is 126 Å². The van der Waals surface area contributed by atoms with Gasteiger partial charge in [0.2, 0.25) is 0 Å². The number of furan rings is 2. The van der Waals surface area contributed by atoms with Gasteiger partial charge in [-0.25, -0.2) is 0 Å². The van der Waals surface area contributed by atoms with Gasteiger partial charge in [0, 0.05) is 46.0 Å². The molecule has 1 aromatic carbocycles. The Morgan fingerprint density at radius 1 is 0.684 bits per heavy atom. The first-order chi connectivity index (χ1) is 28.2. The maximum Gasteiger partial charge on any atom is 0.135 e. The molecule has 0 bridgehead atoms. The van der Waals surface area contributed by atoms with E-state index in [9.17, 15) is 0 Å². The molecule has 2 aromatic heterocycles. The number of rotatable bonds is 5. The van der Waals surface area contributed by atoms with E-state index in [1.54, 1.807) is 0 Å². The monoisotopic (exact) mass is 747 g/mol. The molecule has 0 spiro atoms. The van der Waals surface area contributed by atoms with Crippen LogP contribution in [-0.4, -0.2) is 17.0 Å². The minimum absolute atomic E-state index is 0.230. The molecule has 57 heavy (non-hydrogen) atoms. The largest absolute Gasteiger partial charge is 0.464 e. The van der Waals surface area contributed by atoms with Crippen molar-refractivity contribution in [2.75, 3.05) is 0 Å². The van der Waals surface area contributed by atoms with Gasteiger partial charge in [0.1, 0.15) is 22.9 Å². The van der Waals surface area contributed by atoms with Crippen LogP contribution in [0.15, 0.2) is 141 Å². The number of hydrogen-bond acceptors (Lipinski definition) is 3. The van der Waals surface area contributed by atoms with Gasteiger partial charge in [-0.05, 0) is 135 Å². The minimum Gasteiger partial charge on any atom is -0.464 e. The van der Waals surface area contributed by atoms with Crippen LogP contribution in [0.25, 0.3) is 28.7 Å². The first-order valence-electron chi connectivity index (χ1n) is 22.3. The lowest BCUT2D eigenvalue weighted by atomic mass is 9.73. The lowest BCUT2D eigenvalue weighted by Crippen LogP contribution is -2.48. The lowest BCUT2D eigenvalue weighted by Gasteiger charge is -2.47. The Labute approximate surface area is 337 Å². The van der Waals surface area contributed by atoms with Crippen molar-refractivity contribution in [3.63, 3.8) is 0 Å². The molecule has 9 aliphatic rings. The molecule has 0 radical (unpaired) electrons. The molecule has 3 aromatic rings. The van der Waals surface area contributed by atoms with Gasteiger partial charge < -0.3 is 13.7 Å². The quantitative estimate of drug-likeness (QED) is 0.243. The summed E-state index contributed by atoms with van der Waals surface area (Å²) in [6.45, 7) is 0. The van der Waals surface area contributed by atoms with Crippen molar-refractivity contribution in [1.29, 1.82) is 0 Å². The fourth-order valence-electron chi connectivity index (χ4n) is 12.1. The zero-order chi connectivity index (χ0) is 37.5. The summed E-state index contributed by atoms with van der Waals surface area (Å²) < 4.78 is 13.6. The SMILES string of the molecule is C1=CC2=C3C=CCCC3=C[C@@H](N(C3=CCC(c4ccc5oc6c(c5c4)CCC=C6C4CC=CCC4)CC3)C3C=Cc4c(oc5c4C=CC4CCC=CC54)C3)C2C=C1. The average Bonchev–Trinajstić information content (AvgIpc) is 3.85. The van der Waals surface area contributed by atoms with Gasteiger partial charge in [0.25, 0.3) is 0 Å². The van der Waals surface area contributed by atoms with Crippen molar-refractivity contribution in [3.8, 4) is 0 Å². The molecule has 3 nitrogen and oxygen atoms in total. The van der Waals surface area contributed by atoms with E-state index >= 15 is 0 Å². The van der Waals surface area contributed by atoms with Gasteiger partial charge in [0.15, 0.2) is 0 Å². The summed E-state index contributed by atoms with van der Waals surface area (Å²) in [5, 5.41) is 1.35. The molecular weight excluding hydrogens is 695 g/mol. The first kappa shape index (κ1) is 34.1. The van der Waals surface area contributed by atoms with Crippen LogP contribution in [0.2, 0.25) is 0 Å². The Hall–Kier alpha value is -5.02. The molecule has 2 heterocycles. The van der Waals surface area contributed by atoms with Crippen molar-refractivity contribution in [1.82, 2.24) is 4.90 Å². The van der Waals surface area contributed by atoms with Gasteiger partial charge in [-0.2, -0.15) is 0 Å². The molecule has 9 aliphatic carbocycles. The number of hydrogen-bond donors (Lipinski definition) is 0. The van der Waals surface area contributed by atoms with Crippen molar-refractivity contribution in [3.05, 3.63) is 171 Å². The number of benzene rings is 1. The van der Waals surface area contributed by atoms with Crippen LogP contribution in [0, 0.1) is 17.8 Å². The highest BCUT2D eigenvalue weighted by Crippen LogP contribution is 2.49. The lowest BCUT2D eigenvalue weighted by molar-refractivity contribution is 0.197. The van der Waals surface area contributed by atoms with Crippen LogP contribution in [0.3, 0.4) is 0 Å². The molecule has 7 atom stereocenters. The predicted molar refractivity (Wildman–Crippen MR) is 233 cm³/mol. The summed E-state index contributed by atoms with van der Waals surface area (Å²) in [5.41, 5.74) is 14.1. The third-order valence-corrected chi connectivity index (χ3v) is 15.0. The van der Waals surface area contributed by atoms with Crippen LogP contribution >= 0.6 is 0 Å². The Morgan fingerprint density at radius 2 is 1.65 bits per heavy atom. The smallest absolute Gasteiger partial charge is 0.135 e. The molecule has 0 amide bonds. The van der Waals surface area contributed by atoms with Crippen LogP contribution < -0.4 is 0 Å². The summed E-state index contributed by atoms with van der Waals surface area (Å²) in [6.07, 6.45) is 55.7. The van der Waals surface area contributed by atoms with Crippen LogP contribution in [0.1, 0.15) is 122 Å². The molecule has 6 unspecified atom stereocenters. The van der Waals surface area contributed by atoms with E-state index in [-0.39, 0.29) is 12.1 Å². The number of allylic oxidation sites excluding steroid dienone is 16. The molecule has 0 aliphatic heterocycles. The van der Waals surface area contributed by atoms with Gasteiger partial charge in [-0.1, -0.05) is 109 Å². The second kappa shape index (κ2) is 13.8. The topological polar surface area (TPSA) is 29.5 Å². The number of fused-ring (bicyclic) bond motifs is 10. The summed E-state index contributed by atoms with van der Waals surface area (Å²) in [6, 6.07) is 7.65. The third-order valence-electron chi connectivity index (χ3n) is 15.0. The van der Waals surface area contributed by atoms with E-state index in [0.29, 0.717) is 29.6 Å². The minimum atomic E-state index is 0.230. The second-order valence-corrected chi connectivity index (χ2v) is 18.1. The fourth-order valence-corrected chi connectivity index (χ4v) is 12.1. The number of nitrogens with zero attached hydrogens (tertiary/aromatic N) is 1. The van der Waals surface area contributed by atoms with Crippen molar-refractivity contribution in [2.24, 2.45) is 17.8 Å². The van der Waals surface area contributed by atoms with Crippen LogP contribution in [0.4, 0.5) is 0 Å². The van der Waals surface area contributed by atoms with E-state index in [1.165, 1.54) is 98.6 Å². The summed E-state index contributed by atoms with van der Waals surface area (Å²) >= 11 is 0. The van der Waals surface area contributed by atoms with Crippen molar-refractivity contribution >= 4 is 28.7 Å². The van der Waals surface area contributed by atoms with Crippen molar-refractivity contribution in [2.45, 2.75) is 107 Å². The fraction of sp³-hybridized carbons (Fsp3) is 0.370. The number of aryl methyl sites for hydroxylation is 1. The van der Waals surface area contributed by atoms with Gasteiger partial charge >= 0.3 is 0 Å². The van der Waals surface area contributed by atoms with Gasteiger partial charge in [-0.3, -0.25) is 0 Å². The predicted octanol–water partition coefficient (Wildman–Crippen LogP) is 13.6. The van der Waals surface area contributed by atoms with Crippen LogP contribution in [0.5, 0.6) is 0 Å². The molecule has 3 heteroatoms. The highest BCUT2D eigenvalue weighted by molar-refractivity contribution is 5.88. The van der Waals surface area contributed by atoms with Crippen molar-refractivity contribution < 1.29 is 8.83 Å². The van der Waals surface area contributed by atoms with E-state index in [1.807, 2.05) is 0 Å². The highest BCUT2D eigenvalue weighted by Gasteiger charge is 2.40. The molecule has 0 saturated carbocycles. The summed E-state index contributed by atoms with van der Waals surface area (Å²) in [4.78, 5) is 2.84. The maximum absolute atomic E-state index is 6.96. The molecule has 0 saturated heterocycles. The molecule has 12 rings (SSSR count). The first-order valence-corrected chi connectivity index (χ1v) is 22.3. The average molecular weight is 748 g/mol. The van der Waals surface area contributed by atoms with E-state index in [4.69, 9.17) is 8.83 Å². The highest BCUT2D eigenvalue weighted by atomic mass is 16.3. The Kier molecular flexibility index (Phi) is 8.26. The summed E-state index contributed by atoms with van der Waals surface area (Å²) in [7, 11) is 0. The van der Waals surface area contributed by atoms with Gasteiger partial charge in [0.05, 0.1) is 12.1 Å². The summed E-state index contributed by atoms with van der Waals surface area (Å²) in [5.74, 6) is 5.90. The molecule has 0 N–H and O–H groups in total. The molecule has 286 valence electrons. The Balaban J connectivity index is 0.879. The third kappa shape index (κ3) is 5.66. The Morgan fingerprint density at radius 3 is 2.58 bits per heavy atom. The molecule has 0 fully saturated rings. The zero-order valence-corrected chi connectivity index (χ0v) is 33.0. The maximum atomic E-state index is 6.96.